The van der Waals surface area contributed by atoms with Gasteiger partial charge in [-0.3, -0.25) is 0 Å². The van der Waals surface area contributed by atoms with Crippen molar-refractivity contribution in [1.82, 2.24) is 0 Å². The number of hydrogen-bond acceptors (Lipinski definition) is 2. The molecular formula is C19H40O2. The van der Waals surface area contributed by atoms with Gasteiger partial charge in [0.1, 0.15) is 0 Å². The van der Waals surface area contributed by atoms with Crippen molar-refractivity contribution in [1.29, 1.82) is 0 Å². The monoisotopic (exact) mass is 300 g/mol. The minimum Gasteiger partial charge on any atom is -0.396 e. The van der Waals surface area contributed by atoms with E-state index < -0.39 is 0 Å². The molecule has 21 heavy (non-hydrogen) atoms. The zero-order valence-electron chi connectivity index (χ0n) is 14.6. The molecule has 2 nitrogen and oxygen atoms in total. The van der Waals surface area contributed by atoms with Gasteiger partial charge in [0, 0.05) is 20.3 Å². The summed E-state index contributed by atoms with van der Waals surface area (Å²) in [4.78, 5) is 0. The van der Waals surface area contributed by atoms with Crippen LogP contribution in [0, 0.1) is 0 Å². The van der Waals surface area contributed by atoms with Gasteiger partial charge in [0.05, 0.1) is 0 Å². The Kier molecular flexibility index (Phi) is 19.8. The molecule has 0 atom stereocenters. The third-order valence-electron chi connectivity index (χ3n) is 4.26. The SMILES string of the molecule is COCCCCCCCCCCCCCCCCCCO. The predicted octanol–water partition coefficient (Wildman–Crippen LogP) is 5.87. The third-order valence-corrected chi connectivity index (χ3v) is 4.26. The largest absolute Gasteiger partial charge is 0.396 e. The van der Waals surface area contributed by atoms with E-state index in [-0.39, 0.29) is 0 Å². The van der Waals surface area contributed by atoms with Crippen LogP contribution in [-0.4, -0.2) is 25.4 Å². The van der Waals surface area contributed by atoms with E-state index in [2.05, 4.69) is 0 Å². The first-order valence-electron chi connectivity index (χ1n) is 9.51. The molecule has 2 heteroatoms. The molecule has 0 fully saturated rings. The molecule has 0 bridgehead atoms. The van der Waals surface area contributed by atoms with Gasteiger partial charge in [-0.05, 0) is 12.8 Å². The van der Waals surface area contributed by atoms with E-state index >= 15 is 0 Å². The number of aliphatic hydroxyl groups excluding tert-OH is 1. The third kappa shape index (κ3) is 19.9. The number of aliphatic hydroxyl groups is 1. The molecule has 0 aromatic heterocycles. The molecule has 0 radical (unpaired) electrons. The van der Waals surface area contributed by atoms with Gasteiger partial charge in [0.15, 0.2) is 0 Å². The first-order valence-corrected chi connectivity index (χ1v) is 9.51. The van der Waals surface area contributed by atoms with E-state index in [1.165, 1.54) is 96.3 Å². The maximum atomic E-state index is 8.69. The van der Waals surface area contributed by atoms with Crippen molar-refractivity contribution in [3.05, 3.63) is 0 Å². The van der Waals surface area contributed by atoms with Gasteiger partial charge in [-0.1, -0.05) is 89.9 Å². The lowest BCUT2D eigenvalue weighted by Gasteiger charge is -2.03. The van der Waals surface area contributed by atoms with Crippen molar-refractivity contribution >= 4 is 0 Å². The summed E-state index contributed by atoms with van der Waals surface area (Å²) >= 11 is 0. The molecule has 0 aromatic carbocycles. The molecule has 128 valence electrons. The molecular weight excluding hydrogens is 260 g/mol. The second-order valence-corrected chi connectivity index (χ2v) is 6.37. The molecule has 0 heterocycles. The van der Waals surface area contributed by atoms with Crippen LogP contribution in [0.25, 0.3) is 0 Å². The van der Waals surface area contributed by atoms with Crippen LogP contribution >= 0.6 is 0 Å². The summed E-state index contributed by atoms with van der Waals surface area (Å²) in [6.45, 7) is 1.30. The Balaban J connectivity index is 2.90. The highest BCUT2D eigenvalue weighted by Gasteiger charge is 1.94. The summed E-state index contributed by atoms with van der Waals surface area (Å²) in [6, 6.07) is 0. The van der Waals surface area contributed by atoms with Crippen LogP contribution in [0.3, 0.4) is 0 Å². The fourth-order valence-corrected chi connectivity index (χ4v) is 2.83. The Morgan fingerprint density at radius 3 is 1.05 bits per heavy atom. The second-order valence-electron chi connectivity index (χ2n) is 6.37. The topological polar surface area (TPSA) is 29.5 Å². The first kappa shape index (κ1) is 20.9. The van der Waals surface area contributed by atoms with Crippen LogP contribution in [-0.2, 0) is 4.74 Å². The fourth-order valence-electron chi connectivity index (χ4n) is 2.83. The highest BCUT2D eigenvalue weighted by Crippen LogP contribution is 2.13. The van der Waals surface area contributed by atoms with E-state index in [4.69, 9.17) is 9.84 Å². The number of ether oxygens (including phenoxy) is 1. The van der Waals surface area contributed by atoms with E-state index in [1.54, 1.807) is 7.11 Å². The number of unbranched alkanes of at least 4 members (excludes halogenated alkanes) is 15. The average Bonchev–Trinajstić information content (AvgIpc) is 2.50. The highest BCUT2D eigenvalue weighted by molar-refractivity contribution is 4.50. The summed E-state index contributed by atoms with van der Waals surface area (Å²) in [5.41, 5.74) is 0. The van der Waals surface area contributed by atoms with Crippen molar-refractivity contribution in [2.24, 2.45) is 0 Å². The van der Waals surface area contributed by atoms with Crippen molar-refractivity contribution < 1.29 is 9.84 Å². The van der Waals surface area contributed by atoms with Crippen molar-refractivity contribution in [3.63, 3.8) is 0 Å². The molecule has 0 unspecified atom stereocenters. The number of hydrogen-bond donors (Lipinski definition) is 1. The summed E-state index contributed by atoms with van der Waals surface area (Å²) in [7, 11) is 1.79. The molecule has 0 saturated carbocycles. The summed E-state index contributed by atoms with van der Waals surface area (Å²) in [5, 5.41) is 8.69. The average molecular weight is 301 g/mol. The molecule has 0 amide bonds. The van der Waals surface area contributed by atoms with Crippen LogP contribution in [0.1, 0.15) is 103 Å². The van der Waals surface area contributed by atoms with Gasteiger partial charge < -0.3 is 9.84 Å². The van der Waals surface area contributed by atoms with Crippen molar-refractivity contribution in [3.8, 4) is 0 Å². The van der Waals surface area contributed by atoms with E-state index in [1.807, 2.05) is 0 Å². The molecule has 0 aliphatic carbocycles. The predicted molar refractivity (Wildman–Crippen MR) is 92.8 cm³/mol. The molecule has 0 aliphatic heterocycles. The van der Waals surface area contributed by atoms with Gasteiger partial charge in [-0.2, -0.15) is 0 Å². The Morgan fingerprint density at radius 2 is 0.762 bits per heavy atom. The van der Waals surface area contributed by atoms with Crippen molar-refractivity contribution in [2.75, 3.05) is 20.3 Å². The maximum Gasteiger partial charge on any atom is 0.0462 e. The van der Waals surface area contributed by atoms with Gasteiger partial charge in [-0.15, -0.1) is 0 Å². The number of rotatable bonds is 18. The normalized spacial score (nSPS) is 11.1. The zero-order chi connectivity index (χ0) is 15.4. The minimum atomic E-state index is 0.368. The smallest absolute Gasteiger partial charge is 0.0462 e. The van der Waals surface area contributed by atoms with Crippen molar-refractivity contribution in [2.45, 2.75) is 103 Å². The molecule has 0 saturated heterocycles. The van der Waals surface area contributed by atoms with E-state index in [0.717, 1.165) is 13.0 Å². The van der Waals surface area contributed by atoms with Gasteiger partial charge in [0.25, 0.3) is 0 Å². The molecule has 1 N–H and O–H groups in total. The van der Waals surface area contributed by atoms with Gasteiger partial charge in [-0.25, -0.2) is 0 Å². The second kappa shape index (κ2) is 19.9. The van der Waals surface area contributed by atoms with Crippen LogP contribution < -0.4 is 0 Å². The van der Waals surface area contributed by atoms with Gasteiger partial charge in [0.2, 0.25) is 0 Å². The summed E-state index contributed by atoms with van der Waals surface area (Å²) in [6.07, 6.45) is 21.7. The van der Waals surface area contributed by atoms with Crippen LogP contribution in [0.4, 0.5) is 0 Å². The lowest BCUT2D eigenvalue weighted by Crippen LogP contribution is -1.88. The summed E-state index contributed by atoms with van der Waals surface area (Å²) in [5.74, 6) is 0. The van der Waals surface area contributed by atoms with Crippen LogP contribution in [0.15, 0.2) is 0 Å². The Bertz CT molecular complexity index is 153. The number of methoxy groups -OCH3 is 1. The quantitative estimate of drug-likeness (QED) is 0.321. The lowest BCUT2D eigenvalue weighted by atomic mass is 10.0. The highest BCUT2D eigenvalue weighted by atomic mass is 16.5. The van der Waals surface area contributed by atoms with Crippen LogP contribution in [0.2, 0.25) is 0 Å². The summed E-state index contributed by atoms with van der Waals surface area (Å²) < 4.78 is 5.06. The first-order chi connectivity index (χ1) is 10.4. The van der Waals surface area contributed by atoms with Crippen LogP contribution in [0.5, 0.6) is 0 Å². The van der Waals surface area contributed by atoms with Gasteiger partial charge >= 0.3 is 0 Å². The lowest BCUT2D eigenvalue weighted by molar-refractivity contribution is 0.192. The Morgan fingerprint density at radius 1 is 0.476 bits per heavy atom. The zero-order valence-corrected chi connectivity index (χ0v) is 14.6. The molecule has 0 rings (SSSR count). The Labute approximate surface area is 133 Å². The van der Waals surface area contributed by atoms with E-state index in [9.17, 15) is 0 Å². The molecule has 0 spiro atoms. The Hall–Kier alpha value is -0.0800. The standard InChI is InChI=1S/C19H40O2/c1-21-19-17-15-13-11-9-7-5-3-2-4-6-8-10-12-14-16-18-20/h20H,2-19H2,1H3. The molecule has 0 aliphatic rings. The van der Waals surface area contributed by atoms with E-state index in [0.29, 0.717) is 6.61 Å². The minimum absolute atomic E-state index is 0.368. The fraction of sp³-hybridized carbons (Fsp3) is 1.00. The molecule has 0 aromatic rings. The maximum absolute atomic E-state index is 8.69.